The predicted molar refractivity (Wildman–Crippen MR) is 105 cm³/mol. The van der Waals surface area contributed by atoms with Crippen LogP contribution in [0.4, 0.5) is 22.0 Å². The Hall–Kier alpha value is -2.27. The van der Waals surface area contributed by atoms with Gasteiger partial charge in [0.15, 0.2) is 17.2 Å². The number of benzene rings is 1. The molecule has 11 heteroatoms. The number of pyridine rings is 1. The Morgan fingerprint density at radius 2 is 1.94 bits per heavy atom. The number of imidazole rings is 1. The first-order chi connectivity index (χ1) is 14.5. The molecule has 1 saturated heterocycles. The Balaban J connectivity index is 1.93. The molecule has 1 aliphatic rings. The van der Waals surface area contributed by atoms with Crippen LogP contribution in [0.1, 0.15) is 37.3 Å². The van der Waals surface area contributed by atoms with Crippen molar-refractivity contribution in [2.75, 3.05) is 7.11 Å². The summed E-state index contributed by atoms with van der Waals surface area (Å²) in [5, 5.41) is 0. The van der Waals surface area contributed by atoms with Crippen molar-refractivity contribution in [3.05, 3.63) is 52.0 Å². The Labute approximate surface area is 182 Å². The largest absolute Gasteiger partial charge is 0.493 e. The van der Waals surface area contributed by atoms with Crippen molar-refractivity contribution in [2.24, 2.45) is 5.92 Å². The van der Waals surface area contributed by atoms with Crippen LogP contribution in [-0.4, -0.2) is 33.8 Å². The highest BCUT2D eigenvalue weighted by Crippen LogP contribution is 2.59. The minimum absolute atomic E-state index is 0.0597. The van der Waals surface area contributed by atoms with E-state index in [1.807, 2.05) is 0 Å². The Morgan fingerprint density at radius 1 is 1.23 bits per heavy atom. The number of H-pyrrole nitrogens is 1. The molecule has 3 heterocycles. The van der Waals surface area contributed by atoms with E-state index in [9.17, 15) is 22.0 Å². The van der Waals surface area contributed by atoms with Crippen LogP contribution in [-0.2, 0) is 4.74 Å². The summed E-state index contributed by atoms with van der Waals surface area (Å²) in [6, 6.07) is 3.70. The number of aromatic nitrogens is 3. The summed E-state index contributed by atoms with van der Waals surface area (Å²) in [7, 11) is 1.13. The van der Waals surface area contributed by atoms with Gasteiger partial charge in [-0.25, -0.2) is 14.4 Å². The van der Waals surface area contributed by atoms with Crippen molar-refractivity contribution in [3.63, 3.8) is 0 Å². The minimum atomic E-state index is -4.72. The lowest BCUT2D eigenvalue weighted by molar-refractivity contribution is -0.275. The summed E-state index contributed by atoms with van der Waals surface area (Å²) in [5.41, 5.74) is -1.56. The van der Waals surface area contributed by atoms with Gasteiger partial charge in [-0.2, -0.15) is 17.6 Å². The molecule has 3 aromatic rings. The number of ether oxygens (including phenoxy) is 2. The Bertz CT molecular complexity index is 1150. The van der Waals surface area contributed by atoms with Crippen LogP contribution < -0.4 is 4.74 Å². The molecular weight excluding hydrogens is 489 g/mol. The number of nitrogens with one attached hydrogen (secondary N) is 1. The van der Waals surface area contributed by atoms with Gasteiger partial charge in [-0.1, -0.05) is 13.0 Å². The summed E-state index contributed by atoms with van der Waals surface area (Å²) >= 11 is 3.26. The maximum absolute atomic E-state index is 14.4. The van der Waals surface area contributed by atoms with Gasteiger partial charge in [0.05, 0.1) is 12.6 Å². The molecule has 0 bridgehead atoms. The van der Waals surface area contributed by atoms with E-state index < -0.39 is 47.1 Å². The number of methoxy groups -OCH3 is 1. The van der Waals surface area contributed by atoms with Gasteiger partial charge < -0.3 is 14.5 Å². The van der Waals surface area contributed by atoms with Gasteiger partial charge >= 0.3 is 6.18 Å². The standard InChI is InChI=1S/C20H17BrF5N3O2/c1-8-12(9-4-5-10(22)13(23)15(9)30-3)16(31-19(8,2)20(24,25)26)18-28-11-6-7-27-17(21)14(11)29-18/h4-8,12,16H,1-3H3,(H,28,29)/t8-,12-,16+,19+/m0/s1. The van der Waals surface area contributed by atoms with Crippen molar-refractivity contribution in [3.8, 4) is 5.75 Å². The summed E-state index contributed by atoms with van der Waals surface area (Å²) < 4.78 is 81.3. The van der Waals surface area contributed by atoms with Gasteiger partial charge in [-0.15, -0.1) is 0 Å². The van der Waals surface area contributed by atoms with E-state index in [2.05, 4.69) is 30.9 Å². The number of rotatable bonds is 3. The van der Waals surface area contributed by atoms with Gasteiger partial charge in [-0.3, -0.25) is 0 Å². The lowest BCUT2D eigenvalue weighted by atomic mass is 9.77. The summed E-state index contributed by atoms with van der Waals surface area (Å²) in [5.74, 6) is -5.00. The van der Waals surface area contributed by atoms with E-state index in [0.717, 1.165) is 20.1 Å². The van der Waals surface area contributed by atoms with Crippen LogP contribution in [0.2, 0.25) is 0 Å². The molecule has 1 aliphatic heterocycles. The summed E-state index contributed by atoms with van der Waals surface area (Å²) in [6.45, 7) is 2.30. The first kappa shape index (κ1) is 21.9. The van der Waals surface area contributed by atoms with E-state index in [1.165, 1.54) is 19.2 Å². The highest BCUT2D eigenvalue weighted by atomic mass is 79.9. The van der Waals surface area contributed by atoms with E-state index in [0.29, 0.717) is 15.6 Å². The second kappa shape index (κ2) is 7.40. The molecule has 0 spiro atoms. The second-order valence-corrected chi connectivity index (χ2v) is 8.31. The van der Waals surface area contributed by atoms with Crippen molar-refractivity contribution < 1.29 is 31.4 Å². The average Bonchev–Trinajstić information content (AvgIpc) is 3.25. The van der Waals surface area contributed by atoms with E-state index >= 15 is 0 Å². The third kappa shape index (κ3) is 3.29. The van der Waals surface area contributed by atoms with E-state index in [-0.39, 0.29) is 11.4 Å². The molecule has 1 aromatic carbocycles. The molecule has 2 aromatic heterocycles. The van der Waals surface area contributed by atoms with Gasteiger partial charge in [-0.05, 0) is 35.0 Å². The van der Waals surface area contributed by atoms with Gasteiger partial charge in [0.1, 0.15) is 22.0 Å². The number of hydrogen-bond acceptors (Lipinski definition) is 4. The number of hydrogen-bond donors (Lipinski definition) is 1. The minimum Gasteiger partial charge on any atom is -0.493 e. The molecule has 0 unspecified atom stereocenters. The molecule has 166 valence electrons. The van der Waals surface area contributed by atoms with Crippen LogP contribution in [0.5, 0.6) is 5.75 Å². The predicted octanol–water partition coefficient (Wildman–Crippen LogP) is 5.82. The molecule has 1 fully saturated rings. The molecule has 0 amide bonds. The number of halogens is 6. The zero-order chi connectivity index (χ0) is 22.7. The molecule has 0 aliphatic carbocycles. The fourth-order valence-electron chi connectivity index (χ4n) is 4.11. The first-order valence-corrected chi connectivity index (χ1v) is 10.1. The molecule has 0 radical (unpaired) electrons. The highest BCUT2D eigenvalue weighted by molar-refractivity contribution is 9.10. The fourth-order valence-corrected chi connectivity index (χ4v) is 4.53. The van der Waals surface area contributed by atoms with Gasteiger partial charge in [0.2, 0.25) is 5.82 Å². The lowest BCUT2D eigenvalue weighted by Gasteiger charge is -2.32. The molecule has 4 rings (SSSR count). The Morgan fingerprint density at radius 3 is 2.55 bits per heavy atom. The molecule has 0 saturated carbocycles. The van der Waals surface area contributed by atoms with Crippen molar-refractivity contribution in [1.29, 1.82) is 0 Å². The zero-order valence-electron chi connectivity index (χ0n) is 16.5. The van der Waals surface area contributed by atoms with Crippen LogP contribution in [0.3, 0.4) is 0 Å². The third-order valence-corrected chi connectivity index (χ3v) is 6.54. The summed E-state index contributed by atoms with van der Waals surface area (Å²) in [6.07, 6.45) is -4.46. The average molecular weight is 506 g/mol. The van der Waals surface area contributed by atoms with Gasteiger partial charge in [0, 0.05) is 23.6 Å². The van der Waals surface area contributed by atoms with Crippen LogP contribution in [0, 0.1) is 17.6 Å². The lowest BCUT2D eigenvalue weighted by Crippen LogP contribution is -2.46. The SMILES string of the molecule is COc1c([C@H]2[C@H](c3nc4c(Br)nccc4[nH]3)O[C@@](C)(C(F)(F)F)[C@H]2C)ccc(F)c1F. The molecule has 4 atom stereocenters. The maximum atomic E-state index is 14.4. The van der Waals surface area contributed by atoms with Crippen molar-refractivity contribution >= 4 is 27.0 Å². The molecule has 1 N–H and O–H groups in total. The zero-order valence-corrected chi connectivity index (χ0v) is 18.1. The second-order valence-electron chi connectivity index (χ2n) is 7.56. The normalized spacial score (nSPS) is 26.5. The van der Waals surface area contributed by atoms with Crippen LogP contribution >= 0.6 is 15.9 Å². The van der Waals surface area contributed by atoms with Gasteiger partial charge in [0.25, 0.3) is 0 Å². The van der Waals surface area contributed by atoms with E-state index in [1.54, 1.807) is 6.07 Å². The van der Waals surface area contributed by atoms with Crippen LogP contribution in [0.15, 0.2) is 29.0 Å². The third-order valence-electron chi connectivity index (χ3n) is 5.96. The monoisotopic (exact) mass is 505 g/mol. The Kier molecular flexibility index (Phi) is 5.24. The quantitative estimate of drug-likeness (QED) is 0.360. The van der Waals surface area contributed by atoms with Crippen molar-refractivity contribution in [1.82, 2.24) is 15.0 Å². The topological polar surface area (TPSA) is 60.0 Å². The summed E-state index contributed by atoms with van der Waals surface area (Å²) in [4.78, 5) is 11.4. The maximum Gasteiger partial charge on any atom is 0.417 e. The molecular formula is C20H17BrF5N3O2. The highest BCUT2D eigenvalue weighted by Gasteiger charge is 2.65. The number of fused-ring (bicyclic) bond motifs is 1. The van der Waals surface area contributed by atoms with Crippen LogP contribution in [0.25, 0.3) is 11.0 Å². The number of aromatic amines is 1. The molecule has 5 nitrogen and oxygen atoms in total. The fraction of sp³-hybridized carbons (Fsp3) is 0.400. The molecule has 31 heavy (non-hydrogen) atoms. The van der Waals surface area contributed by atoms with E-state index in [4.69, 9.17) is 9.47 Å². The number of nitrogens with zero attached hydrogens (tertiary/aromatic N) is 2. The number of alkyl halides is 3. The first-order valence-electron chi connectivity index (χ1n) is 9.26. The smallest absolute Gasteiger partial charge is 0.417 e. The van der Waals surface area contributed by atoms with Crippen molar-refractivity contribution in [2.45, 2.75) is 37.6 Å².